The molecule has 2 heterocycles. The Morgan fingerprint density at radius 1 is 1.40 bits per heavy atom. The van der Waals surface area contributed by atoms with Gasteiger partial charge in [0.1, 0.15) is 5.58 Å². The smallest absolute Gasteiger partial charge is 0.319 e. The van der Waals surface area contributed by atoms with Crippen LogP contribution < -0.4 is 10.6 Å². The number of hydrogen-bond acceptors (Lipinski definition) is 5. The molecule has 8 nitrogen and oxygen atoms in total. The van der Waals surface area contributed by atoms with Crippen LogP contribution in [0.2, 0.25) is 0 Å². The number of nitrogens with one attached hydrogen (secondary N) is 2. The van der Waals surface area contributed by atoms with Gasteiger partial charge in [0.2, 0.25) is 0 Å². The first-order valence-corrected chi connectivity index (χ1v) is 5.96. The lowest BCUT2D eigenvalue weighted by Crippen LogP contribution is -2.28. The van der Waals surface area contributed by atoms with Gasteiger partial charge in [-0.15, -0.1) is 10.2 Å². The van der Waals surface area contributed by atoms with E-state index in [9.17, 15) is 4.79 Å². The third-order valence-electron chi connectivity index (χ3n) is 2.67. The fourth-order valence-electron chi connectivity index (χ4n) is 1.77. The van der Waals surface area contributed by atoms with E-state index in [-0.39, 0.29) is 12.6 Å². The molecular weight excluding hydrogens is 260 g/mol. The van der Waals surface area contributed by atoms with Gasteiger partial charge < -0.3 is 15.1 Å². The predicted molar refractivity (Wildman–Crippen MR) is 70.9 cm³/mol. The van der Waals surface area contributed by atoms with Gasteiger partial charge in [0.25, 0.3) is 0 Å². The largest absolute Gasteiger partial charge is 0.464 e. The summed E-state index contributed by atoms with van der Waals surface area (Å²) in [6, 6.07) is 6.91. The topological polar surface area (TPSA) is 97.9 Å². The van der Waals surface area contributed by atoms with Gasteiger partial charge in [0, 0.05) is 11.1 Å². The number of carbonyl (C=O) groups excluding carboxylic acids is 1. The molecule has 3 aromatic rings. The highest BCUT2D eigenvalue weighted by molar-refractivity contribution is 5.92. The number of tetrazole rings is 1. The molecule has 102 valence electrons. The molecule has 1 aromatic carbocycles. The highest BCUT2D eigenvalue weighted by atomic mass is 16.3. The number of aromatic nitrogens is 4. The minimum absolute atomic E-state index is 0.216. The molecule has 20 heavy (non-hydrogen) atoms. The molecule has 0 radical (unpaired) electrons. The quantitative estimate of drug-likeness (QED) is 0.748. The zero-order valence-electron chi connectivity index (χ0n) is 10.7. The minimum Gasteiger partial charge on any atom is -0.464 e. The Morgan fingerprint density at radius 3 is 3.10 bits per heavy atom. The first-order chi connectivity index (χ1) is 9.70. The van der Waals surface area contributed by atoms with Crippen LogP contribution in [0.15, 0.2) is 34.9 Å². The zero-order valence-corrected chi connectivity index (χ0v) is 10.7. The number of aryl methyl sites for hydroxylation is 1. The Labute approximate surface area is 113 Å². The summed E-state index contributed by atoms with van der Waals surface area (Å²) in [6.45, 7) is 0.216. The fourth-order valence-corrected chi connectivity index (χ4v) is 1.77. The van der Waals surface area contributed by atoms with Crippen molar-refractivity contribution in [3.05, 3.63) is 36.4 Å². The van der Waals surface area contributed by atoms with Crippen molar-refractivity contribution in [3.63, 3.8) is 0 Å². The summed E-state index contributed by atoms with van der Waals surface area (Å²) in [4.78, 5) is 13.1. The summed E-state index contributed by atoms with van der Waals surface area (Å²) in [5, 5.41) is 17.7. The summed E-state index contributed by atoms with van der Waals surface area (Å²) in [5.41, 5.74) is 1.46. The highest BCUT2D eigenvalue weighted by Crippen LogP contribution is 2.19. The predicted octanol–water partition coefficient (Wildman–Crippen LogP) is 1.28. The van der Waals surface area contributed by atoms with E-state index in [4.69, 9.17) is 4.42 Å². The monoisotopic (exact) mass is 272 g/mol. The number of furan rings is 1. The summed E-state index contributed by atoms with van der Waals surface area (Å²) in [7, 11) is 1.66. The summed E-state index contributed by atoms with van der Waals surface area (Å²) in [6.07, 6.45) is 1.61. The second kappa shape index (κ2) is 5.00. The first kappa shape index (κ1) is 12.2. The normalized spacial score (nSPS) is 10.7. The summed E-state index contributed by atoms with van der Waals surface area (Å²) < 4.78 is 5.23. The molecule has 8 heteroatoms. The average molecular weight is 272 g/mol. The van der Waals surface area contributed by atoms with Crippen molar-refractivity contribution in [1.29, 1.82) is 0 Å². The van der Waals surface area contributed by atoms with Crippen LogP contribution in [0.3, 0.4) is 0 Å². The molecule has 2 N–H and O–H groups in total. The van der Waals surface area contributed by atoms with Gasteiger partial charge in [-0.3, -0.25) is 0 Å². The van der Waals surface area contributed by atoms with E-state index in [1.54, 1.807) is 25.4 Å². The first-order valence-electron chi connectivity index (χ1n) is 5.96. The minimum atomic E-state index is -0.333. The van der Waals surface area contributed by atoms with Gasteiger partial charge in [-0.1, -0.05) is 0 Å². The van der Waals surface area contributed by atoms with Crippen LogP contribution in [0.25, 0.3) is 11.0 Å². The Balaban J connectivity index is 1.60. The van der Waals surface area contributed by atoms with Crippen LogP contribution in [0.4, 0.5) is 10.5 Å². The average Bonchev–Trinajstić information content (AvgIpc) is 3.04. The number of amides is 2. The van der Waals surface area contributed by atoms with Crippen molar-refractivity contribution >= 4 is 22.7 Å². The number of anilines is 1. The zero-order chi connectivity index (χ0) is 13.9. The van der Waals surface area contributed by atoms with Gasteiger partial charge in [0.05, 0.1) is 19.9 Å². The second-order valence-electron chi connectivity index (χ2n) is 4.18. The lowest BCUT2D eigenvalue weighted by Gasteiger charge is -2.05. The lowest BCUT2D eigenvalue weighted by atomic mass is 10.2. The van der Waals surface area contributed by atoms with Crippen molar-refractivity contribution in [3.8, 4) is 0 Å². The van der Waals surface area contributed by atoms with Crippen molar-refractivity contribution in [1.82, 2.24) is 25.5 Å². The third-order valence-corrected chi connectivity index (χ3v) is 2.67. The highest BCUT2D eigenvalue weighted by Gasteiger charge is 2.06. The maximum atomic E-state index is 11.7. The molecule has 0 unspecified atom stereocenters. The Bertz CT molecular complexity index is 747. The van der Waals surface area contributed by atoms with Gasteiger partial charge in [0.15, 0.2) is 5.82 Å². The van der Waals surface area contributed by atoms with Gasteiger partial charge in [-0.2, -0.15) is 4.80 Å². The number of rotatable bonds is 3. The molecule has 0 saturated heterocycles. The number of nitrogens with zero attached hydrogens (tertiary/aromatic N) is 4. The molecule has 0 atom stereocenters. The number of benzene rings is 1. The van der Waals surface area contributed by atoms with Crippen LogP contribution in [0, 0.1) is 0 Å². The van der Waals surface area contributed by atoms with E-state index in [1.165, 1.54) is 4.80 Å². The lowest BCUT2D eigenvalue weighted by molar-refractivity contribution is 0.251. The van der Waals surface area contributed by atoms with Crippen LogP contribution in [-0.4, -0.2) is 26.2 Å². The molecule has 3 rings (SSSR count). The molecule has 0 fully saturated rings. The van der Waals surface area contributed by atoms with E-state index >= 15 is 0 Å². The molecule has 0 spiro atoms. The molecule has 0 aliphatic carbocycles. The maximum absolute atomic E-state index is 11.7. The number of urea groups is 1. The maximum Gasteiger partial charge on any atom is 0.319 e. The summed E-state index contributed by atoms with van der Waals surface area (Å²) >= 11 is 0. The molecular formula is C12H12N6O2. The van der Waals surface area contributed by atoms with Crippen LogP contribution in [0.1, 0.15) is 5.82 Å². The van der Waals surface area contributed by atoms with E-state index < -0.39 is 0 Å². The van der Waals surface area contributed by atoms with E-state index in [0.29, 0.717) is 11.5 Å². The number of carbonyl (C=O) groups is 1. The van der Waals surface area contributed by atoms with E-state index in [0.717, 1.165) is 11.0 Å². The second-order valence-corrected chi connectivity index (χ2v) is 4.18. The SMILES string of the molecule is Cn1nnc(CNC(=O)Nc2ccc3occc3c2)n1. The van der Waals surface area contributed by atoms with Crippen LogP contribution >= 0.6 is 0 Å². The fraction of sp³-hybridized carbons (Fsp3) is 0.167. The Kier molecular flexibility index (Phi) is 3.04. The number of fused-ring (bicyclic) bond motifs is 1. The number of hydrogen-bond donors (Lipinski definition) is 2. The van der Waals surface area contributed by atoms with Gasteiger partial charge in [-0.25, -0.2) is 4.79 Å². The Morgan fingerprint density at radius 2 is 2.30 bits per heavy atom. The van der Waals surface area contributed by atoms with E-state index in [2.05, 4.69) is 26.0 Å². The van der Waals surface area contributed by atoms with E-state index in [1.807, 2.05) is 12.1 Å². The van der Waals surface area contributed by atoms with Crippen molar-refractivity contribution in [2.24, 2.45) is 7.05 Å². The summed E-state index contributed by atoms with van der Waals surface area (Å²) in [5.74, 6) is 0.452. The van der Waals surface area contributed by atoms with Crippen molar-refractivity contribution in [2.45, 2.75) is 6.54 Å². The molecule has 2 aromatic heterocycles. The Hall–Kier alpha value is -2.90. The molecule has 2 amide bonds. The third kappa shape index (κ3) is 2.58. The van der Waals surface area contributed by atoms with Gasteiger partial charge in [-0.05, 0) is 29.5 Å². The van der Waals surface area contributed by atoms with Crippen LogP contribution in [0.5, 0.6) is 0 Å². The standard InChI is InChI=1S/C12H12N6O2/c1-18-16-11(15-17-18)7-13-12(19)14-9-2-3-10-8(6-9)4-5-20-10/h2-6H,7H2,1H3,(H2,13,14,19). The molecule has 0 saturated carbocycles. The molecule has 0 aliphatic rings. The molecule has 0 bridgehead atoms. The van der Waals surface area contributed by atoms with Crippen LogP contribution in [-0.2, 0) is 13.6 Å². The van der Waals surface area contributed by atoms with Gasteiger partial charge >= 0.3 is 6.03 Å². The van der Waals surface area contributed by atoms with Crippen molar-refractivity contribution in [2.75, 3.05) is 5.32 Å². The molecule has 0 aliphatic heterocycles. The van der Waals surface area contributed by atoms with Crippen molar-refractivity contribution < 1.29 is 9.21 Å².